The fraction of sp³-hybridized carbons (Fsp3) is 0.296. The Labute approximate surface area is 183 Å². The van der Waals surface area contributed by atoms with Crippen molar-refractivity contribution in [1.29, 1.82) is 0 Å². The molecule has 1 fully saturated rings. The molecule has 0 aliphatic carbocycles. The molecule has 0 amide bonds. The van der Waals surface area contributed by atoms with E-state index >= 15 is 0 Å². The van der Waals surface area contributed by atoms with Gasteiger partial charge in [0.15, 0.2) is 0 Å². The lowest BCUT2D eigenvalue weighted by Gasteiger charge is -2.35. The fourth-order valence-corrected chi connectivity index (χ4v) is 4.93. The van der Waals surface area contributed by atoms with Crippen LogP contribution in [0.5, 0.6) is 5.75 Å². The van der Waals surface area contributed by atoms with Gasteiger partial charge in [-0.2, -0.15) is 0 Å². The Hall–Kier alpha value is -3.11. The number of phenolic OH excluding ortho intramolecular Hbond substituents is 1. The summed E-state index contributed by atoms with van der Waals surface area (Å²) >= 11 is 0. The summed E-state index contributed by atoms with van der Waals surface area (Å²) in [6, 6.07) is 24.8. The molecule has 0 spiro atoms. The first-order valence-electron chi connectivity index (χ1n) is 11.0. The molecule has 0 saturated carbocycles. The predicted molar refractivity (Wildman–Crippen MR) is 121 cm³/mol. The van der Waals surface area contributed by atoms with E-state index in [4.69, 9.17) is 4.74 Å². The van der Waals surface area contributed by atoms with Crippen LogP contribution in [0.3, 0.4) is 0 Å². The van der Waals surface area contributed by atoms with Gasteiger partial charge in [0.1, 0.15) is 12.0 Å². The van der Waals surface area contributed by atoms with E-state index in [9.17, 15) is 9.90 Å². The Morgan fingerprint density at radius 3 is 2.35 bits per heavy atom. The summed E-state index contributed by atoms with van der Waals surface area (Å²) < 4.78 is 6.33. The molecule has 4 nitrogen and oxygen atoms in total. The molecule has 158 valence electrons. The lowest BCUT2D eigenvalue weighted by Crippen LogP contribution is -2.34. The number of aldehydes is 1. The van der Waals surface area contributed by atoms with Crippen molar-refractivity contribution in [3.8, 4) is 5.75 Å². The summed E-state index contributed by atoms with van der Waals surface area (Å²) in [5, 5.41) is 9.96. The summed E-state index contributed by atoms with van der Waals surface area (Å²) in [6.07, 6.45) is 2.87. The van der Waals surface area contributed by atoms with Gasteiger partial charge in [0.05, 0.1) is 12.7 Å². The second-order valence-electron chi connectivity index (χ2n) is 8.56. The summed E-state index contributed by atoms with van der Waals surface area (Å²) in [5.74, 6) is 0.532. The van der Waals surface area contributed by atoms with Crippen LogP contribution < -0.4 is 4.90 Å². The van der Waals surface area contributed by atoms with Crippen molar-refractivity contribution in [2.24, 2.45) is 5.92 Å². The first-order valence-corrected chi connectivity index (χ1v) is 11.0. The van der Waals surface area contributed by atoms with Crippen LogP contribution in [0.15, 0.2) is 72.8 Å². The monoisotopic (exact) mass is 413 g/mol. The molecule has 3 aromatic rings. The Bertz CT molecular complexity index is 1040. The van der Waals surface area contributed by atoms with E-state index in [1.54, 1.807) is 6.07 Å². The minimum absolute atomic E-state index is 0.0570. The molecule has 1 N–H and O–H groups in total. The minimum atomic E-state index is -0.0765. The van der Waals surface area contributed by atoms with Crippen molar-refractivity contribution in [2.75, 3.05) is 18.0 Å². The number of aromatic hydroxyl groups is 1. The predicted octanol–water partition coefficient (Wildman–Crippen LogP) is 5.21. The maximum atomic E-state index is 11.0. The summed E-state index contributed by atoms with van der Waals surface area (Å²) in [5.41, 5.74) is 5.81. The van der Waals surface area contributed by atoms with Crippen LogP contribution in [-0.2, 0) is 16.1 Å². The van der Waals surface area contributed by atoms with E-state index in [-0.39, 0.29) is 23.7 Å². The molecule has 2 heterocycles. The topological polar surface area (TPSA) is 49.8 Å². The molecular formula is C27H27NO3. The number of anilines is 1. The average molecular weight is 414 g/mol. The van der Waals surface area contributed by atoms with Gasteiger partial charge in [0, 0.05) is 30.6 Å². The molecule has 0 aromatic heterocycles. The second-order valence-corrected chi connectivity index (χ2v) is 8.56. The van der Waals surface area contributed by atoms with Gasteiger partial charge in [-0.3, -0.25) is 0 Å². The average Bonchev–Trinajstić information content (AvgIpc) is 2.84. The maximum absolute atomic E-state index is 11.0. The van der Waals surface area contributed by atoms with Crippen molar-refractivity contribution < 1.29 is 14.6 Å². The van der Waals surface area contributed by atoms with Crippen molar-refractivity contribution in [3.05, 3.63) is 95.1 Å². The van der Waals surface area contributed by atoms with Gasteiger partial charge in [-0.25, -0.2) is 0 Å². The number of hydrogen-bond acceptors (Lipinski definition) is 4. The molecule has 1 saturated heterocycles. The number of piperidine rings is 1. The molecule has 0 bridgehead atoms. The number of hydrogen-bond donors (Lipinski definition) is 1. The number of fused-ring (bicyclic) bond motifs is 1. The van der Waals surface area contributed by atoms with E-state index < -0.39 is 0 Å². The van der Waals surface area contributed by atoms with Gasteiger partial charge < -0.3 is 19.5 Å². The van der Waals surface area contributed by atoms with Crippen molar-refractivity contribution in [2.45, 2.75) is 31.5 Å². The zero-order valence-corrected chi connectivity index (χ0v) is 17.5. The van der Waals surface area contributed by atoms with Crippen LogP contribution >= 0.6 is 0 Å². The number of ether oxygens (including phenoxy) is 1. The van der Waals surface area contributed by atoms with E-state index in [0.29, 0.717) is 6.61 Å². The first-order chi connectivity index (χ1) is 15.2. The van der Waals surface area contributed by atoms with Crippen LogP contribution in [0.25, 0.3) is 0 Å². The zero-order valence-electron chi connectivity index (χ0n) is 17.5. The highest BCUT2D eigenvalue weighted by molar-refractivity contribution is 5.56. The number of carbonyl (C=O) groups is 1. The summed E-state index contributed by atoms with van der Waals surface area (Å²) in [6.45, 7) is 2.33. The second kappa shape index (κ2) is 8.56. The highest BCUT2D eigenvalue weighted by atomic mass is 16.5. The Morgan fingerprint density at radius 2 is 1.65 bits per heavy atom. The number of nitrogens with zero attached hydrogens (tertiary/aromatic N) is 1. The van der Waals surface area contributed by atoms with E-state index in [1.165, 1.54) is 16.8 Å². The third-order valence-electron chi connectivity index (χ3n) is 6.66. The van der Waals surface area contributed by atoms with Gasteiger partial charge in [-0.05, 0) is 59.4 Å². The number of rotatable bonds is 4. The lowest BCUT2D eigenvalue weighted by molar-refractivity contribution is -0.111. The van der Waals surface area contributed by atoms with E-state index in [0.717, 1.165) is 43.3 Å². The third-order valence-corrected chi connectivity index (χ3v) is 6.66. The molecule has 31 heavy (non-hydrogen) atoms. The Morgan fingerprint density at radius 1 is 0.903 bits per heavy atom. The smallest absolute Gasteiger partial charge is 0.123 e. The molecule has 0 radical (unpaired) electrons. The molecule has 4 heteroatoms. The van der Waals surface area contributed by atoms with Crippen LogP contribution in [0.2, 0.25) is 0 Å². The molecule has 2 aliphatic rings. The van der Waals surface area contributed by atoms with Crippen molar-refractivity contribution >= 4 is 12.0 Å². The van der Waals surface area contributed by atoms with Crippen molar-refractivity contribution in [1.82, 2.24) is 0 Å². The highest BCUT2D eigenvalue weighted by Gasteiger charge is 2.33. The summed E-state index contributed by atoms with van der Waals surface area (Å²) in [7, 11) is 0. The van der Waals surface area contributed by atoms with Crippen LogP contribution in [-0.4, -0.2) is 24.5 Å². The lowest BCUT2D eigenvalue weighted by atomic mass is 9.79. The highest BCUT2D eigenvalue weighted by Crippen LogP contribution is 2.45. The van der Waals surface area contributed by atoms with Crippen LogP contribution in [0, 0.1) is 5.92 Å². The standard InChI is InChI=1S/C27H27NO3/c29-17-19-12-14-28(15-13-19)23-8-6-20(7-9-23)26-25-11-10-24(30)16-22(25)18-31-27(26)21-4-2-1-3-5-21/h1-11,16-17,19,26-27,30H,12-15,18H2/t26-,27-/m1/s1. The van der Waals surface area contributed by atoms with Crippen LogP contribution in [0.4, 0.5) is 5.69 Å². The van der Waals surface area contributed by atoms with Gasteiger partial charge in [0.25, 0.3) is 0 Å². The number of phenols is 1. The maximum Gasteiger partial charge on any atom is 0.123 e. The zero-order chi connectivity index (χ0) is 21.2. The number of carbonyl (C=O) groups excluding carboxylic acids is 1. The van der Waals surface area contributed by atoms with Gasteiger partial charge in [-0.1, -0.05) is 48.5 Å². The van der Waals surface area contributed by atoms with Gasteiger partial charge in [-0.15, -0.1) is 0 Å². The molecule has 2 aliphatic heterocycles. The van der Waals surface area contributed by atoms with E-state index in [2.05, 4.69) is 41.3 Å². The fourth-order valence-electron chi connectivity index (χ4n) is 4.93. The third kappa shape index (κ3) is 3.96. The Balaban J connectivity index is 1.47. The SMILES string of the molecule is O=CC1CCN(c2ccc([C@@H]3c4ccc(O)cc4CO[C@@H]3c3ccccc3)cc2)CC1. The normalized spacial score (nSPS) is 21.5. The Kier molecular flexibility index (Phi) is 5.47. The van der Waals surface area contributed by atoms with Crippen molar-refractivity contribution in [3.63, 3.8) is 0 Å². The molecular weight excluding hydrogens is 386 g/mol. The number of benzene rings is 3. The molecule has 5 rings (SSSR count). The molecule has 2 atom stereocenters. The largest absolute Gasteiger partial charge is 0.508 e. The first kappa shape index (κ1) is 19.8. The molecule has 3 aromatic carbocycles. The quantitative estimate of drug-likeness (QED) is 0.597. The van der Waals surface area contributed by atoms with Gasteiger partial charge >= 0.3 is 0 Å². The molecule has 0 unspecified atom stereocenters. The van der Waals surface area contributed by atoms with Crippen LogP contribution in [0.1, 0.15) is 47.1 Å². The van der Waals surface area contributed by atoms with E-state index in [1.807, 2.05) is 30.3 Å². The minimum Gasteiger partial charge on any atom is -0.508 e. The van der Waals surface area contributed by atoms with Gasteiger partial charge in [0.2, 0.25) is 0 Å². The summed E-state index contributed by atoms with van der Waals surface area (Å²) in [4.78, 5) is 13.4.